The Morgan fingerprint density at radius 3 is 1.20 bits per heavy atom. The molecule has 3 saturated heterocycles. The molecule has 340 valence electrons. The van der Waals surface area contributed by atoms with Crippen LogP contribution in [0.5, 0.6) is 0 Å². The number of hydroxylamine groups is 6. The normalized spacial score (nSPS) is 18.9. The molecule has 5 aliphatic rings. The van der Waals surface area contributed by atoms with Crippen LogP contribution in [0.3, 0.4) is 0 Å². The average molecular weight is 923 g/mol. The van der Waals surface area contributed by atoms with E-state index in [0.717, 1.165) is 12.1 Å². The molecule has 6 amide bonds. The molecule has 0 aromatic heterocycles. The lowest BCUT2D eigenvalue weighted by atomic mass is 9.91. The molecule has 0 atom stereocenters. The highest BCUT2D eigenvalue weighted by Gasteiger charge is 2.38. The van der Waals surface area contributed by atoms with Gasteiger partial charge in [0.25, 0.3) is 35.4 Å². The second-order valence-electron chi connectivity index (χ2n) is 16.0. The number of carbonyl (C=O) groups excluding carboxylic acids is 9. The third-order valence-electron chi connectivity index (χ3n) is 9.87. The second-order valence-corrected chi connectivity index (χ2v) is 22.2. The summed E-state index contributed by atoms with van der Waals surface area (Å²) in [5, 5.41) is 14.0. The van der Waals surface area contributed by atoms with Crippen molar-refractivity contribution in [1.29, 1.82) is 0 Å². The molecule has 0 spiro atoms. The monoisotopic (exact) mass is 922 g/mol. The first-order chi connectivity index (χ1) is 28.3. The molecule has 21 heteroatoms. The number of quaternary nitrogens is 1. The zero-order valence-corrected chi connectivity index (χ0v) is 38.9. The third-order valence-corrected chi connectivity index (χ3v) is 15.2. The van der Waals surface area contributed by atoms with Crippen molar-refractivity contribution < 1.29 is 68.1 Å². The number of carbonyl (C=O) groups is 9. The maximum atomic E-state index is 11.6. The molecule has 2 aliphatic carbocycles. The van der Waals surface area contributed by atoms with Crippen molar-refractivity contribution in [3.63, 3.8) is 0 Å². The summed E-state index contributed by atoms with van der Waals surface area (Å²) in [4.78, 5) is 113. The van der Waals surface area contributed by atoms with Crippen LogP contribution in [-0.4, -0.2) is 103 Å². The summed E-state index contributed by atoms with van der Waals surface area (Å²) in [6.45, 7) is 8.15. The molecule has 5 rings (SSSR count). The third kappa shape index (κ3) is 20.7. The van der Waals surface area contributed by atoms with Gasteiger partial charge < -0.3 is 20.1 Å². The first-order valence-corrected chi connectivity index (χ1v) is 25.6. The van der Waals surface area contributed by atoms with E-state index in [4.69, 9.17) is 4.84 Å². The summed E-state index contributed by atoms with van der Waals surface area (Å²) < 4.78 is -0.00303. The Balaban J connectivity index is 0.000000281. The van der Waals surface area contributed by atoms with Gasteiger partial charge in [0, 0.05) is 60.4 Å². The van der Waals surface area contributed by atoms with E-state index in [1.807, 2.05) is 40.2 Å². The lowest BCUT2D eigenvalue weighted by Gasteiger charge is -2.27. The van der Waals surface area contributed by atoms with Gasteiger partial charge in [-0.05, 0) is 111 Å². The van der Waals surface area contributed by atoms with Crippen molar-refractivity contribution >= 4 is 96.7 Å². The van der Waals surface area contributed by atoms with Gasteiger partial charge in [-0.1, -0.05) is 66.1 Å². The molecule has 0 radical (unpaired) electrons. The van der Waals surface area contributed by atoms with Crippen LogP contribution in [0.4, 0.5) is 4.79 Å². The zero-order valence-electron chi connectivity index (χ0n) is 35.7. The Morgan fingerprint density at radius 1 is 0.567 bits per heavy atom. The smallest absolute Gasteiger partial charge is 0.550 e. The lowest BCUT2D eigenvalue weighted by Crippen LogP contribution is -2.95. The first kappa shape index (κ1) is 53.1. The number of aliphatic carboxylic acids is 1. The Labute approximate surface area is 368 Å². The first-order valence-electron chi connectivity index (χ1n) is 20.4. The minimum Gasteiger partial charge on any atom is -0.550 e. The highest BCUT2D eigenvalue weighted by Crippen LogP contribution is 2.38. The van der Waals surface area contributed by atoms with Crippen molar-refractivity contribution in [3.8, 4) is 0 Å². The van der Waals surface area contributed by atoms with E-state index >= 15 is 0 Å². The van der Waals surface area contributed by atoms with Crippen LogP contribution in [0.25, 0.3) is 0 Å². The van der Waals surface area contributed by atoms with Crippen molar-refractivity contribution in [3.05, 3.63) is 0 Å². The fourth-order valence-electron chi connectivity index (χ4n) is 6.67. The quantitative estimate of drug-likeness (QED) is 0.169. The fourth-order valence-corrected chi connectivity index (χ4v) is 11.1. The number of nitrogens with zero attached hydrogens (tertiary/aromatic N) is 3. The van der Waals surface area contributed by atoms with E-state index in [2.05, 4.69) is 15.0 Å². The van der Waals surface area contributed by atoms with Gasteiger partial charge in [-0.25, -0.2) is 4.79 Å². The standard InChI is InChI=1S/C12H23N.C11H17NO4S2.C9H8N2O7.C7H14O2S2/c1-3-7-11(8-4-1)13-12-9-5-2-6-10-12;1-11(2,18-17-3)7-6-10(15)16-12-8(13)4-5-9(12)14;12-5-1-2-6(13)10(5)17-9(16)18-11-7(14)3-4-8(11)15;1-7(2,11-10-3)5-4-6(8)9/h11-13H,1-10H2;4-7H2,1-3H3;1-4H2;4-5H2,1-3H3,(H,8,9). The molecule has 17 nitrogen and oxygen atoms in total. The summed E-state index contributed by atoms with van der Waals surface area (Å²) in [5.41, 5.74) is 0. The molecule has 3 aliphatic heterocycles. The van der Waals surface area contributed by atoms with Gasteiger partial charge >= 0.3 is 12.1 Å². The Kier molecular flexibility index (Phi) is 24.0. The molecule has 5 fully saturated rings. The van der Waals surface area contributed by atoms with Crippen LogP contribution in [0, 0.1) is 0 Å². The van der Waals surface area contributed by atoms with Crippen molar-refractivity contribution in [2.24, 2.45) is 0 Å². The summed E-state index contributed by atoms with van der Waals surface area (Å²) in [6, 6.07) is 1.99. The summed E-state index contributed by atoms with van der Waals surface area (Å²) >= 11 is 0. The van der Waals surface area contributed by atoms with Gasteiger partial charge in [0.2, 0.25) is 0 Å². The predicted octanol–water partition coefficient (Wildman–Crippen LogP) is 4.95. The van der Waals surface area contributed by atoms with Gasteiger partial charge in [-0.3, -0.25) is 38.4 Å². The minimum atomic E-state index is -1.48. The zero-order chi connectivity index (χ0) is 44.9. The molecular formula is C39H62N4O13S4. The lowest BCUT2D eigenvalue weighted by molar-refractivity contribution is -0.725. The van der Waals surface area contributed by atoms with E-state index in [1.165, 1.54) is 64.2 Å². The Bertz CT molecular complexity index is 1400. The number of imide groups is 3. The van der Waals surface area contributed by atoms with E-state index in [0.29, 0.717) is 17.9 Å². The molecule has 0 aromatic rings. The van der Waals surface area contributed by atoms with E-state index < -0.39 is 53.5 Å². The molecule has 2 saturated carbocycles. The number of nitrogens with two attached hydrogens (primary N) is 1. The van der Waals surface area contributed by atoms with E-state index in [-0.39, 0.29) is 71.0 Å². The van der Waals surface area contributed by atoms with Crippen LogP contribution in [0.2, 0.25) is 0 Å². The Hall–Kier alpha value is -3.01. The van der Waals surface area contributed by atoms with Crippen molar-refractivity contribution in [1.82, 2.24) is 15.2 Å². The topological polar surface area (TPSA) is 231 Å². The van der Waals surface area contributed by atoms with Gasteiger partial charge in [0.05, 0.1) is 12.1 Å². The number of rotatable bonds is 15. The van der Waals surface area contributed by atoms with E-state index in [1.54, 1.807) is 43.2 Å². The second kappa shape index (κ2) is 27.1. The van der Waals surface area contributed by atoms with Crippen LogP contribution in [-0.2, 0) is 52.9 Å². The van der Waals surface area contributed by atoms with Crippen LogP contribution in [0.1, 0.15) is 156 Å². The SMILES string of the molecule is C1CCC([NH2+]C2CCCCC2)CC1.CSSC(C)(C)CCC(=O)ON1C(=O)CCC1=O.CSSC(C)(C)CCC(=O)[O-].O=C(ON1C(=O)CCC1=O)ON1C(=O)CCC1=O. The van der Waals surface area contributed by atoms with Crippen LogP contribution >= 0.6 is 43.2 Å². The number of hydrogen-bond donors (Lipinski definition) is 1. The number of carboxylic acids is 1. The summed E-state index contributed by atoms with van der Waals surface area (Å²) in [6.07, 6.45) is 19.1. The molecule has 0 aromatic carbocycles. The van der Waals surface area contributed by atoms with Crippen molar-refractivity contribution in [2.45, 2.75) is 178 Å². The summed E-state index contributed by atoms with van der Waals surface area (Å²) in [7, 11) is 6.69. The Morgan fingerprint density at radius 2 is 0.883 bits per heavy atom. The maximum absolute atomic E-state index is 11.6. The van der Waals surface area contributed by atoms with Crippen molar-refractivity contribution in [2.75, 3.05) is 12.5 Å². The molecule has 0 bridgehead atoms. The number of carboxylic acid groups (broad SMARTS) is 1. The van der Waals surface area contributed by atoms with Crippen LogP contribution < -0.4 is 10.4 Å². The highest BCUT2D eigenvalue weighted by atomic mass is 33.1. The van der Waals surface area contributed by atoms with Gasteiger partial charge in [-0.2, -0.15) is 4.79 Å². The molecule has 60 heavy (non-hydrogen) atoms. The average Bonchev–Trinajstić information content (AvgIpc) is 3.81. The van der Waals surface area contributed by atoms with Gasteiger partial charge in [0.1, 0.15) is 0 Å². The predicted molar refractivity (Wildman–Crippen MR) is 226 cm³/mol. The van der Waals surface area contributed by atoms with Crippen LogP contribution in [0.15, 0.2) is 0 Å². The molecule has 3 heterocycles. The molecule has 2 N–H and O–H groups in total. The number of hydrogen-bond acceptors (Lipinski definition) is 17. The van der Waals surface area contributed by atoms with Gasteiger partial charge in [-0.15, -0.1) is 5.06 Å². The fraction of sp³-hybridized carbons (Fsp3) is 0.769. The molecule has 0 unspecified atom stereocenters. The molecular weight excluding hydrogens is 861 g/mol. The van der Waals surface area contributed by atoms with Gasteiger partial charge in [0.15, 0.2) is 0 Å². The highest BCUT2D eigenvalue weighted by molar-refractivity contribution is 8.77. The minimum absolute atomic E-state index is 0.0412. The largest absolute Gasteiger partial charge is 0.560 e. The summed E-state index contributed by atoms with van der Waals surface area (Å²) in [5.74, 6) is -5.11. The maximum Gasteiger partial charge on any atom is 0.560 e. The van der Waals surface area contributed by atoms with E-state index in [9.17, 15) is 48.3 Å². The number of amides is 6.